The highest BCUT2D eigenvalue weighted by atomic mass is 16.5. The fourth-order valence-electron chi connectivity index (χ4n) is 3.23. The maximum Gasteiger partial charge on any atom is 0.251 e. The number of nitrogens with zero attached hydrogens (tertiary/aromatic N) is 2. The number of aryl methyl sites for hydroxylation is 1. The van der Waals surface area contributed by atoms with Crippen LogP contribution < -0.4 is 5.32 Å². The molecule has 0 saturated carbocycles. The second-order valence-electron chi connectivity index (χ2n) is 6.52. The molecule has 2 aliphatic heterocycles. The molecule has 1 aromatic rings. The van der Waals surface area contributed by atoms with Crippen molar-refractivity contribution in [2.75, 3.05) is 44.6 Å². The van der Waals surface area contributed by atoms with Gasteiger partial charge in [-0.15, -0.1) is 0 Å². The third-order valence-corrected chi connectivity index (χ3v) is 4.56. The summed E-state index contributed by atoms with van der Waals surface area (Å²) in [5.74, 6) is 0.0934. The Balaban J connectivity index is 1.43. The molecule has 2 saturated heterocycles. The number of hydrogen-bond donors (Lipinski definition) is 1. The van der Waals surface area contributed by atoms with Gasteiger partial charge in [-0.1, -0.05) is 12.1 Å². The first-order chi connectivity index (χ1) is 11.6. The Bertz CT molecular complexity index is 591. The van der Waals surface area contributed by atoms with E-state index in [9.17, 15) is 9.59 Å². The molecule has 6 nitrogen and oxygen atoms in total. The van der Waals surface area contributed by atoms with Gasteiger partial charge in [0.15, 0.2) is 0 Å². The molecule has 2 fully saturated rings. The van der Waals surface area contributed by atoms with Crippen molar-refractivity contribution in [1.82, 2.24) is 9.80 Å². The number of nitrogens with one attached hydrogen (secondary N) is 1. The van der Waals surface area contributed by atoms with Crippen molar-refractivity contribution in [2.45, 2.75) is 25.9 Å². The van der Waals surface area contributed by atoms with Crippen molar-refractivity contribution in [1.29, 1.82) is 0 Å². The van der Waals surface area contributed by atoms with Crippen LogP contribution in [0.15, 0.2) is 24.3 Å². The van der Waals surface area contributed by atoms with E-state index in [1.807, 2.05) is 36.1 Å². The van der Waals surface area contributed by atoms with E-state index in [0.29, 0.717) is 26.2 Å². The summed E-state index contributed by atoms with van der Waals surface area (Å²) in [5.41, 5.74) is 1.95. The molecule has 0 bridgehead atoms. The van der Waals surface area contributed by atoms with Crippen molar-refractivity contribution in [3.05, 3.63) is 29.8 Å². The van der Waals surface area contributed by atoms with Gasteiger partial charge in [-0.05, 0) is 37.5 Å². The first-order valence-electron chi connectivity index (χ1n) is 8.61. The molecule has 2 heterocycles. The molecular formula is C18H25N3O3. The highest BCUT2D eigenvalue weighted by Gasteiger charge is 2.30. The van der Waals surface area contributed by atoms with Crippen LogP contribution in [0.4, 0.5) is 5.69 Å². The number of rotatable bonds is 4. The molecule has 3 rings (SSSR count). The summed E-state index contributed by atoms with van der Waals surface area (Å²) in [7, 11) is 0. The van der Waals surface area contributed by atoms with Crippen molar-refractivity contribution in [3.8, 4) is 0 Å². The predicted octanol–water partition coefficient (Wildman–Crippen LogP) is 1.26. The van der Waals surface area contributed by atoms with Crippen molar-refractivity contribution < 1.29 is 14.3 Å². The maximum absolute atomic E-state index is 12.3. The molecule has 0 radical (unpaired) electrons. The van der Waals surface area contributed by atoms with Crippen LogP contribution in [0.2, 0.25) is 0 Å². The molecule has 130 valence electrons. The molecule has 0 aromatic heterocycles. The Kier molecular flexibility index (Phi) is 5.48. The van der Waals surface area contributed by atoms with E-state index >= 15 is 0 Å². The molecule has 24 heavy (non-hydrogen) atoms. The minimum atomic E-state index is -0.249. The van der Waals surface area contributed by atoms with E-state index in [1.54, 1.807) is 0 Å². The zero-order chi connectivity index (χ0) is 16.9. The van der Waals surface area contributed by atoms with E-state index < -0.39 is 0 Å². The lowest BCUT2D eigenvalue weighted by Crippen LogP contribution is -2.52. The minimum Gasteiger partial charge on any atom is -0.368 e. The summed E-state index contributed by atoms with van der Waals surface area (Å²) in [6.07, 6.45) is 1.55. The van der Waals surface area contributed by atoms with Crippen LogP contribution in [0.5, 0.6) is 0 Å². The molecule has 2 amide bonds. The molecule has 0 spiro atoms. The van der Waals surface area contributed by atoms with Crippen LogP contribution in [0.1, 0.15) is 18.4 Å². The molecule has 1 N–H and O–H groups in total. The summed E-state index contributed by atoms with van der Waals surface area (Å²) in [6.45, 7) is 5.82. The third kappa shape index (κ3) is 4.33. The molecule has 1 unspecified atom stereocenters. The Labute approximate surface area is 142 Å². The standard InChI is InChI=1S/C18H25N3O3/c1-14-4-2-5-15(12-14)19-17(22)13-20-7-9-21(10-8-20)18(23)16-6-3-11-24-16/h2,4-5,12,16H,3,6-11,13H2,1H3,(H,19,22). The lowest BCUT2D eigenvalue weighted by Gasteiger charge is -2.35. The first kappa shape index (κ1) is 16.9. The Morgan fingerprint density at radius 1 is 1.25 bits per heavy atom. The van der Waals surface area contributed by atoms with Crippen LogP contribution in [0.3, 0.4) is 0 Å². The SMILES string of the molecule is Cc1cccc(NC(=O)CN2CCN(C(=O)C3CCCO3)CC2)c1. The monoisotopic (exact) mass is 331 g/mol. The zero-order valence-electron chi connectivity index (χ0n) is 14.2. The lowest BCUT2D eigenvalue weighted by molar-refractivity contribution is -0.142. The summed E-state index contributed by atoms with van der Waals surface area (Å²) < 4.78 is 5.47. The number of ether oxygens (including phenoxy) is 1. The quantitative estimate of drug-likeness (QED) is 0.902. The average molecular weight is 331 g/mol. The van der Waals surface area contributed by atoms with Crippen LogP contribution >= 0.6 is 0 Å². The largest absolute Gasteiger partial charge is 0.368 e. The van der Waals surface area contributed by atoms with E-state index in [-0.39, 0.29) is 17.9 Å². The smallest absolute Gasteiger partial charge is 0.251 e. The predicted molar refractivity (Wildman–Crippen MR) is 91.8 cm³/mol. The van der Waals surface area contributed by atoms with Gasteiger partial charge in [0.1, 0.15) is 6.10 Å². The maximum atomic E-state index is 12.3. The molecule has 2 aliphatic rings. The van der Waals surface area contributed by atoms with E-state index in [4.69, 9.17) is 4.74 Å². The molecule has 0 aliphatic carbocycles. The van der Waals surface area contributed by atoms with E-state index in [1.165, 1.54) is 0 Å². The highest BCUT2D eigenvalue weighted by molar-refractivity contribution is 5.92. The number of carbonyl (C=O) groups is 2. The second-order valence-corrected chi connectivity index (χ2v) is 6.52. The fourth-order valence-corrected chi connectivity index (χ4v) is 3.23. The number of hydrogen-bond acceptors (Lipinski definition) is 4. The number of piperazine rings is 1. The van der Waals surface area contributed by atoms with Gasteiger partial charge in [0.25, 0.3) is 5.91 Å². The topological polar surface area (TPSA) is 61.9 Å². The zero-order valence-corrected chi connectivity index (χ0v) is 14.2. The first-order valence-corrected chi connectivity index (χ1v) is 8.61. The summed E-state index contributed by atoms with van der Waals surface area (Å²) >= 11 is 0. The summed E-state index contributed by atoms with van der Waals surface area (Å²) in [5, 5.41) is 2.93. The number of anilines is 1. The number of carbonyl (C=O) groups excluding carboxylic acids is 2. The van der Waals surface area contributed by atoms with Gasteiger partial charge in [0.2, 0.25) is 5.91 Å². The van der Waals surface area contributed by atoms with Gasteiger partial charge in [-0.3, -0.25) is 14.5 Å². The van der Waals surface area contributed by atoms with Crippen molar-refractivity contribution >= 4 is 17.5 Å². The number of benzene rings is 1. The minimum absolute atomic E-state index is 0.0143. The van der Waals surface area contributed by atoms with E-state index in [2.05, 4.69) is 10.2 Å². The summed E-state index contributed by atoms with van der Waals surface area (Å²) in [6, 6.07) is 7.78. The van der Waals surface area contributed by atoms with Gasteiger partial charge in [0, 0.05) is 38.5 Å². The fraction of sp³-hybridized carbons (Fsp3) is 0.556. The van der Waals surface area contributed by atoms with Crippen LogP contribution in [-0.4, -0.2) is 67.0 Å². The van der Waals surface area contributed by atoms with Crippen LogP contribution in [-0.2, 0) is 14.3 Å². The highest BCUT2D eigenvalue weighted by Crippen LogP contribution is 2.16. The molecular weight excluding hydrogens is 306 g/mol. The van der Waals surface area contributed by atoms with Crippen LogP contribution in [0, 0.1) is 6.92 Å². The van der Waals surface area contributed by atoms with Gasteiger partial charge in [0.05, 0.1) is 6.54 Å². The van der Waals surface area contributed by atoms with Gasteiger partial charge in [-0.25, -0.2) is 0 Å². The molecule has 1 atom stereocenters. The Hall–Kier alpha value is -1.92. The van der Waals surface area contributed by atoms with Gasteiger partial charge < -0.3 is 15.0 Å². The van der Waals surface area contributed by atoms with Gasteiger partial charge in [-0.2, -0.15) is 0 Å². The van der Waals surface area contributed by atoms with Crippen molar-refractivity contribution in [3.63, 3.8) is 0 Å². The van der Waals surface area contributed by atoms with Gasteiger partial charge >= 0.3 is 0 Å². The Morgan fingerprint density at radius 3 is 2.71 bits per heavy atom. The molecule has 1 aromatic carbocycles. The normalized spacial score (nSPS) is 21.7. The summed E-state index contributed by atoms with van der Waals surface area (Å²) in [4.78, 5) is 28.4. The average Bonchev–Trinajstić information content (AvgIpc) is 3.09. The Morgan fingerprint density at radius 2 is 2.04 bits per heavy atom. The third-order valence-electron chi connectivity index (χ3n) is 4.56. The second kappa shape index (κ2) is 7.77. The van der Waals surface area contributed by atoms with Crippen LogP contribution in [0.25, 0.3) is 0 Å². The molecule has 6 heteroatoms. The van der Waals surface area contributed by atoms with E-state index in [0.717, 1.165) is 37.2 Å². The van der Waals surface area contributed by atoms with Crippen molar-refractivity contribution in [2.24, 2.45) is 0 Å². The lowest BCUT2D eigenvalue weighted by atomic mass is 10.2. The number of amides is 2.